The zero-order valence-electron chi connectivity index (χ0n) is 21.0. The Morgan fingerprint density at radius 1 is 0.927 bits per heavy atom. The molecule has 0 spiro atoms. The average Bonchev–Trinajstić information content (AvgIpc) is 2.92. The summed E-state index contributed by atoms with van der Waals surface area (Å²) in [4.78, 5) is 14.2. The second-order valence-corrected chi connectivity index (χ2v) is 11.0. The standard InChI is InChI=1S/C26H21F6N5O3S/c27-25(28,29)20-2-1-9-33-23(20)16-3-8-19-21(14-16)35-22(15-37-10-12-40-13-11-37)36-24(19)34-17-4-6-18(7-5-17)41(38,39)26(30,31)32/h1-9,14H,10-13,15H2,(H,34,35,36). The van der Waals surface area contributed by atoms with Crippen molar-refractivity contribution in [1.82, 2.24) is 19.9 Å². The molecule has 1 saturated heterocycles. The first-order chi connectivity index (χ1) is 19.3. The second kappa shape index (κ2) is 10.9. The molecule has 0 atom stereocenters. The van der Waals surface area contributed by atoms with Crippen molar-refractivity contribution in [2.75, 3.05) is 31.6 Å². The first-order valence-corrected chi connectivity index (χ1v) is 13.6. The van der Waals surface area contributed by atoms with Crippen LogP contribution in [0.3, 0.4) is 0 Å². The molecule has 2 aromatic carbocycles. The van der Waals surface area contributed by atoms with Gasteiger partial charge >= 0.3 is 11.7 Å². The van der Waals surface area contributed by atoms with E-state index in [0.717, 1.165) is 30.3 Å². The van der Waals surface area contributed by atoms with Crippen LogP contribution in [0.2, 0.25) is 0 Å². The molecule has 4 aromatic rings. The van der Waals surface area contributed by atoms with E-state index >= 15 is 0 Å². The maximum absolute atomic E-state index is 13.7. The van der Waals surface area contributed by atoms with Crippen LogP contribution in [0.4, 0.5) is 37.8 Å². The number of rotatable bonds is 6. The molecule has 0 aliphatic carbocycles. The Kier molecular flexibility index (Phi) is 7.61. The van der Waals surface area contributed by atoms with Gasteiger partial charge in [0.15, 0.2) is 0 Å². The van der Waals surface area contributed by atoms with Gasteiger partial charge in [-0.25, -0.2) is 18.4 Å². The van der Waals surface area contributed by atoms with Gasteiger partial charge in [-0.3, -0.25) is 9.88 Å². The van der Waals surface area contributed by atoms with Crippen LogP contribution in [0.1, 0.15) is 11.4 Å². The molecule has 8 nitrogen and oxygen atoms in total. The zero-order valence-corrected chi connectivity index (χ0v) is 21.8. The highest BCUT2D eigenvalue weighted by atomic mass is 32.2. The molecule has 1 aliphatic rings. The Morgan fingerprint density at radius 3 is 2.29 bits per heavy atom. The van der Waals surface area contributed by atoms with Gasteiger partial charge in [0.1, 0.15) is 11.6 Å². The number of alkyl halides is 6. The number of pyridine rings is 1. The lowest BCUT2D eigenvalue weighted by molar-refractivity contribution is -0.137. The molecule has 0 radical (unpaired) electrons. The second-order valence-electron chi connectivity index (χ2n) is 9.10. The van der Waals surface area contributed by atoms with Crippen molar-refractivity contribution >= 4 is 32.2 Å². The Labute approximate surface area is 229 Å². The quantitative estimate of drug-likeness (QED) is 0.288. The number of halogens is 6. The first kappa shape index (κ1) is 28.7. The number of aromatic nitrogens is 3. The molecule has 0 saturated carbocycles. The van der Waals surface area contributed by atoms with E-state index in [9.17, 15) is 34.8 Å². The lowest BCUT2D eigenvalue weighted by Crippen LogP contribution is -2.36. The molecule has 1 N–H and O–H groups in total. The fraction of sp³-hybridized carbons (Fsp3) is 0.269. The number of benzene rings is 2. The van der Waals surface area contributed by atoms with Gasteiger partial charge in [0.05, 0.1) is 41.4 Å². The van der Waals surface area contributed by atoms with Crippen LogP contribution in [0.25, 0.3) is 22.2 Å². The van der Waals surface area contributed by atoms with Crippen molar-refractivity contribution in [3.8, 4) is 11.3 Å². The van der Waals surface area contributed by atoms with Gasteiger partial charge in [0.2, 0.25) is 0 Å². The largest absolute Gasteiger partial charge is 0.501 e. The van der Waals surface area contributed by atoms with Crippen LogP contribution in [-0.4, -0.2) is 60.1 Å². The lowest BCUT2D eigenvalue weighted by atomic mass is 10.0. The summed E-state index contributed by atoms with van der Waals surface area (Å²) in [6.07, 6.45) is -3.38. The fourth-order valence-electron chi connectivity index (χ4n) is 4.30. The fourth-order valence-corrected chi connectivity index (χ4v) is 5.06. The van der Waals surface area contributed by atoms with Crippen molar-refractivity contribution in [3.05, 3.63) is 72.2 Å². The van der Waals surface area contributed by atoms with Crippen LogP contribution >= 0.6 is 0 Å². The lowest BCUT2D eigenvalue weighted by Gasteiger charge is -2.26. The molecule has 1 fully saturated rings. The van der Waals surface area contributed by atoms with Crippen LogP contribution in [0.15, 0.2) is 65.7 Å². The van der Waals surface area contributed by atoms with E-state index in [1.165, 1.54) is 30.5 Å². The normalized spacial score (nSPS) is 15.3. The zero-order chi connectivity index (χ0) is 29.4. The van der Waals surface area contributed by atoms with Crippen molar-refractivity contribution in [1.29, 1.82) is 0 Å². The van der Waals surface area contributed by atoms with Crippen molar-refractivity contribution < 1.29 is 39.5 Å². The van der Waals surface area contributed by atoms with E-state index in [-0.39, 0.29) is 22.8 Å². The number of sulfone groups is 1. The molecule has 3 heterocycles. The van der Waals surface area contributed by atoms with Gasteiger partial charge in [-0.05, 0) is 48.5 Å². The minimum Gasteiger partial charge on any atom is -0.379 e. The Morgan fingerprint density at radius 2 is 1.63 bits per heavy atom. The number of nitrogens with zero attached hydrogens (tertiary/aromatic N) is 4. The summed E-state index contributed by atoms with van der Waals surface area (Å²) in [5, 5.41) is 3.38. The summed E-state index contributed by atoms with van der Waals surface area (Å²) in [6, 6.07) is 10.5. The van der Waals surface area contributed by atoms with Crippen LogP contribution in [-0.2, 0) is 27.3 Å². The maximum Gasteiger partial charge on any atom is 0.501 e. The van der Waals surface area contributed by atoms with Gasteiger partial charge in [-0.1, -0.05) is 6.07 Å². The predicted octanol–water partition coefficient (Wildman–Crippen LogP) is 5.58. The SMILES string of the molecule is O=S(=O)(c1ccc(Nc2nc(CN3CCOCC3)nc3cc(-c4ncccc4C(F)(F)F)ccc23)cc1)C(F)(F)F. The molecular weight excluding hydrogens is 576 g/mol. The Hall–Kier alpha value is -3.82. The minimum absolute atomic E-state index is 0.175. The van der Waals surface area contributed by atoms with Crippen LogP contribution in [0.5, 0.6) is 0 Å². The van der Waals surface area contributed by atoms with E-state index < -0.39 is 32.0 Å². The summed E-state index contributed by atoms with van der Waals surface area (Å²) in [6.45, 7) is 2.55. The van der Waals surface area contributed by atoms with E-state index in [1.807, 2.05) is 4.90 Å². The third kappa shape index (κ3) is 6.11. The van der Waals surface area contributed by atoms with Gasteiger partial charge in [-0.2, -0.15) is 26.3 Å². The van der Waals surface area contributed by atoms with Crippen molar-refractivity contribution in [2.45, 2.75) is 23.1 Å². The molecule has 0 amide bonds. The van der Waals surface area contributed by atoms with Gasteiger partial charge < -0.3 is 10.1 Å². The number of morpholine rings is 1. The summed E-state index contributed by atoms with van der Waals surface area (Å²) in [5.41, 5.74) is -5.92. The highest BCUT2D eigenvalue weighted by molar-refractivity contribution is 7.92. The summed E-state index contributed by atoms with van der Waals surface area (Å²) >= 11 is 0. The molecule has 1 aliphatic heterocycles. The molecule has 216 valence electrons. The molecule has 41 heavy (non-hydrogen) atoms. The van der Waals surface area contributed by atoms with E-state index in [0.29, 0.717) is 49.6 Å². The molecule has 15 heteroatoms. The average molecular weight is 598 g/mol. The van der Waals surface area contributed by atoms with Crippen LogP contribution in [0, 0.1) is 0 Å². The monoisotopic (exact) mass is 597 g/mol. The Balaban J connectivity index is 1.56. The molecular formula is C26H21F6N5O3S. The van der Waals surface area contributed by atoms with E-state index in [2.05, 4.69) is 20.3 Å². The summed E-state index contributed by atoms with van der Waals surface area (Å²) < 4.78 is 109. The number of anilines is 2. The third-order valence-corrected chi connectivity index (χ3v) is 7.83. The van der Waals surface area contributed by atoms with Crippen molar-refractivity contribution in [2.24, 2.45) is 0 Å². The first-order valence-electron chi connectivity index (χ1n) is 12.1. The smallest absolute Gasteiger partial charge is 0.379 e. The Bertz CT molecular complexity index is 1670. The number of ether oxygens (including phenoxy) is 1. The molecule has 2 aromatic heterocycles. The van der Waals surface area contributed by atoms with E-state index in [1.54, 1.807) is 0 Å². The van der Waals surface area contributed by atoms with E-state index in [4.69, 9.17) is 4.74 Å². The highest BCUT2D eigenvalue weighted by Gasteiger charge is 2.46. The van der Waals surface area contributed by atoms with Gasteiger partial charge in [0.25, 0.3) is 9.84 Å². The van der Waals surface area contributed by atoms with Gasteiger partial charge in [-0.15, -0.1) is 0 Å². The number of hydrogen-bond acceptors (Lipinski definition) is 8. The van der Waals surface area contributed by atoms with Crippen molar-refractivity contribution in [3.63, 3.8) is 0 Å². The number of hydrogen-bond donors (Lipinski definition) is 1. The molecule has 5 rings (SSSR count). The molecule has 0 bridgehead atoms. The number of fused-ring (bicyclic) bond motifs is 1. The van der Waals surface area contributed by atoms with Crippen LogP contribution < -0.4 is 5.32 Å². The van der Waals surface area contributed by atoms with Gasteiger partial charge in [0, 0.05) is 35.9 Å². The summed E-state index contributed by atoms with van der Waals surface area (Å²) in [7, 11) is -5.52. The predicted molar refractivity (Wildman–Crippen MR) is 137 cm³/mol. The number of nitrogens with one attached hydrogen (secondary N) is 1. The maximum atomic E-state index is 13.7. The summed E-state index contributed by atoms with van der Waals surface area (Å²) in [5.74, 6) is 0.570. The highest BCUT2D eigenvalue weighted by Crippen LogP contribution is 2.37. The third-order valence-electron chi connectivity index (χ3n) is 6.33. The molecule has 0 unspecified atom stereocenters. The topological polar surface area (TPSA) is 97.3 Å². The minimum atomic E-state index is -5.52.